The minimum Gasteiger partial charge on any atom is -0.355 e. The normalized spacial score (nSPS) is 18.1. The quantitative estimate of drug-likeness (QED) is 0.805. The van der Waals surface area contributed by atoms with Gasteiger partial charge in [0.1, 0.15) is 0 Å². The summed E-state index contributed by atoms with van der Waals surface area (Å²) in [5.74, 6) is 2.12. The Bertz CT molecular complexity index is 762. The molecule has 0 atom stereocenters. The number of nitrogens with zero attached hydrogens (tertiary/aromatic N) is 4. The van der Waals surface area contributed by atoms with Gasteiger partial charge >= 0.3 is 0 Å². The standard InChI is InChI=1S/C18H19ClN4OS/c19-16-5-6-17(21-20-16)22-9-7-13(8-10-22)18(24)23-11-12-25-15-4-2-1-3-14(15)23/h1-6,13H,7-12H2. The first-order valence-electron chi connectivity index (χ1n) is 8.50. The molecule has 25 heavy (non-hydrogen) atoms. The van der Waals surface area contributed by atoms with E-state index in [0.29, 0.717) is 5.15 Å². The summed E-state index contributed by atoms with van der Waals surface area (Å²) in [6, 6.07) is 11.8. The topological polar surface area (TPSA) is 49.3 Å². The minimum atomic E-state index is 0.0765. The van der Waals surface area contributed by atoms with Gasteiger partial charge in [-0.2, -0.15) is 0 Å². The summed E-state index contributed by atoms with van der Waals surface area (Å²) >= 11 is 7.63. The van der Waals surface area contributed by atoms with Crippen molar-refractivity contribution in [1.29, 1.82) is 0 Å². The number of anilines is 2. The Hall–Kier alpha value is -1.79. The van der Waals surface area contributed by atoms with Crippen molar-refractivity contribution >= 4 is 40.8 Å². The fraction of sp³-hybridized carbons (Fsp3) is 0.389. The maximum absolute atomic E-state index is 13.1. The molecule has 0 aliphatic carbocycles. The van der Waals surface area contributed by atoms with Crippen LogP contribution in [0.2, 0.25) is 5.15 Å². The molecular weight excluding hydrogens is 356 g/mol. The molecule has 5 nitrogen and oxygen atoms in total. The lowest BCUT2D eigenvalue weighted by atomic mass is 9.95. The number of para-hydroxylation sites is 1. The fourth-order valence-electron chi connectivity index (χ4n) is 3.45. The average Bonchev–Trinajstić information content (AvgIpc) is 2.68. The van der Waals surface area contributed by atoms with Crippen molar-refractivity contribution in [2.24, 2.45) is 5.92 Å². The average molecular weight is 375 g/mol. The Morgan fingerprint density at radius 1 is 1.08 bits per heavy atom. The number of halogens is 1. The number of hydrogen-bond donors (Lipinski definition) is 0. The first-order valence-corrected chi connectivity index (χ1v) is 9.86. The number of benzene rings is 1. The summed E-state index contributed by atoms with van der Waals surface area (Å²) < 4.78 is 0. The summed E-state index contributed by atoms with van der Waals surface area (Å²) in [5, 5.41) is 8.44. The van der Waals surface area contributed by atoms with Gasteiger partial charge in [-0.1, -0.05) is 23.7 Å². The molecule has 2 aliphatic heterocycles. The zero-order chi connectivity index (χ0) is 17.2. The molecule has 0 spiro atoms. The fourth-order valence-corrected chi connectivity index (χ4v) is 4.55. The Morgan fingerprint density at radius 3 is 2.64 bits per heavy atom. The Morgan fingerprint density at radius 2 is 1.88 bits per heavy atom. The van der Waals surface area contributed by atoms with Crippen LogP contribution in [0.25, 0.3) is 0 Å². The van der Waals surface area contributed by atoms with E-state index < -0.39 is 0 Å². The SMILES string of the molecule is O=C(C1CCN(c2ccc(Cl)nn2)CC1)N1CCSc2ccccc21. The number of aromatic nitrogens is 2. The first-order chi connectivity index (χ1) is 12.2. The lowest BCUT2D eigenvalue weighted by Crippen LogP contribution is -2.44. The molecule has 1 aromatic carbocycles. The van der Waals surface area contributed by atoms with Crippen LogP contribution in [0.1, 0.15) is 12.8 Å². The number of thioether (sulfide) groups is 1. The summed E-state index contributed by atoms with van der Waals surface area (Å²) in [5.41, 5.74) is 1.06. The highest BCUT2D eigenvalue weighted by Gasteiger charge is 2.31. The molecule has 3 heterocycles. The van der Waals surface area contributed by atoms with Crippen molar-refractivity contribution in [1.82, 2.24) is 10.2 Å². The van der Waals surface area contributed by atoms with Crippen molar-refractivity contribution in [3.8, 4) is 0 Å². The highest BCUT2D eigenvalue weighted by Crippen LogP contribution is 2.36. The molecule has 0 saturated carbocycles. The summed E-state index contributed by atoms with van der Waals surface area (Å²) in [4.78, 5) is 18.4. The van der Waals surface area contributed by atoms with Crippen LogP contribution in [0.3, 0.4) is 0 Å². The number of rotatable bonds is 2. The van der Waals surface area contributed by atoms with E-state index in [4.69, 9.17) is 11.6 Å². The molecule has 0 radical (unpaired) electrons. The van der Waals surface area contributed by atoms with Gasteiger partial charge in [-0.25, -0.2) is 0 Å². The van der Waals surface area contributed by atoms with Crippen LogP contribution < -0.4 is 9.80 Å². The molecule has 1 fully saturated rings. The molecular formula is C18H19ClN4OS. The molecule has 2 aliphatic rings. The molecule has 1 aromatic heterocycles. The Labute approximate surface area is 156 Å². The number of carbonyl (C=O) groups is 1. The van der Waals surface area contributed by atoms with Gasteiger partial charge in [0.15, 0.2) is 11.0 Å². The van der Waals surface area contributed by atoms with Crippen LogP contribution in [0.15, 0.2) is 41.3 Å². The van der Waals surface area contributed by atoms with E-state index in [0.717, 1.165) is 49.7 Å². The molecule has 0 bridgehead atoms. The van der Waals surface area contributed by atoms with Crippen molar-refractivity contribution in [2.75, 3.05) is 35.2 Å². The molecule has 1 saturated heterocycles. The molecule has 2 aromatic rings. The van der Waals surface area contributed by atoms with E-state index in [-0.39, 0.29) is 11.8 Å². The molecule has 1 amide bonds. The van der Waals surface area contributed by atoms with Gasteiger partial charge in [-0.3, -0.25) is 4.79 Å². The second-order valence-electron chi connectivity index (χ2n) is 6.28. The predicted molar refractivity (Wildman–Crippen MR) is 101 cm³/mol. The van der Waals surface area contributed by atoms with Crippen LogP contribution in [0.5, 0.6) is 0 Å². The third-order valence-corrected chi connectivity index (χ3v) is 6.03. The molecule has 0 N–H and O–H groups in total. The van der Waals surface area contributed by atoms with E-state index in [9.17, 15) is 4.79 Å². The third-order valence-electron chi connectivity index (χ3n) is 4.78. The molecule has 7 heteroatoms. The van der Waals surface area contributed by atoms with Crippen molar-refractivity contribution in [3.05, 3.63) is 41.6 Å². The number of carbonyl (C=O) groups excluding carboxylic acids is 1. The van der Waals surface area contributed by atoms with Crippen molar-refractivity contribution < 1.29 is 4.79 Å². The van der Waals surface area contributed by atoms with E-state index in [1.54, 1.807) is 6.07 Å². The van der Waals surface area contributed by atoms with Crippen molar-refractivity contribution in [2.45, 2.75) is 17.7 Å². The van der Waals surface area contributed by atoms with Gasteiger partial charge in [0.05, 0.1) is 5.69 Å². The lowest BCUT2D eigenvalue weighted by Gasteiger charge is -2.36. The Kier molecular flexibility index (Phi) is 4.81. The molecule has 130 valence electrons. The Balaban J connectivity index is 1.43. The minimum absolute atomic E-state index is 0.0765. The summed E-state index contributed by atoms with van der Waals surface area (Å²) in [7, 11) is 0. The highest BCUT2D eigenvalue weighted by atomic mass is 35.5. The maximum atomic E-state index is 13.1. The smallest absolute Gasteiger partial charge is 0.230 e. The molecule has 4 rings (SSSR count). The number of hydrogen-bond acceptors (Lipinski definition) is 5. The largest absolute Gasteiger partial charge is 0.355 e. The predicted octanol–water partition coefficient (Wildman–Crippen LogP) is 3.49. The van der Waals surface area contributed by atoms with Gasteiger partial charge in [-0.15, -0.1) is 22.0 Å². The van der Waals surface area contributed by atoms with Crippen LogP contribution in [0, 0.1) is 5.92 Å². The van der Waals surface area contributed by atoms with Gasteiger partial charge < -0.3 is 9.80 Å². The third kappa shape index (κ3) is 3.46. The maximum Gasteiger partial charge on any atom is 0.230 e. The van der Waals surface area contributed by atoms with E-state index in [1.165, 1.54) is 4.90 Å². The zero-order valence-electron chi connectivity index (χ0n) is 13.8. The van der Waals surface area contributed by atoms with E-state index in [2.05, 4.69) is 27.2 Å². The number of fused-ring (bicyclic) bond motifs is 1. The van der Waals surface area contributed by atoms with Gasteiger partial charge in [-0.05, 0) is 37.1 Å². The van der Waals surface area contributed by atoms with E-state index >= 15 is 0 Å². The summed E-state index contributed by atoms with van der Waals surface area (Å²) in [6.07, 6.45) is 1.68. The van der Waals surface area contributed by atoms with Gasteiger partial charge in [0.2, 0.25) is 5.91 Å². The highest BCUT2D eigenvalue weighted by molar-refractivity contribution is 7.99. The number of amides is 1. The second kappa shape index (κ2) is 7.22. The van der Waals surface area contributed by atoms with Crippen LogP contribution in [-0.2, 0) is 4.79 Å². The summed E-state index contributed by atoms with van der Waals surface area (Å²) in [6.45, 7) is 2.43. The van der Waals surface area contributed by atoms with Gasteiger partial charge in [0, 0.05) is 36.2 Å². The monoisotopic (exact) mass is 374 g/mol. The van der Waals surface area contributed by atoms with Gasteiger partial charge in [0.25, 0.3) is 0 Å². The van der Waals surface area contributed by atoms with Crippen LogP contribution in [-0.4, -0.2) is 41.5 Å². The lowest BCUT2D eigenvalue weighted by molar-refractivity contribution is -0.122. The van der Waals surface area contributed by atoms with Crippen LogP contribution >= 0.6 is 23.4 Å². The number of piperidine rings is 1. The molecule has 0 unspecified atom stereocenters. The van der Waals surface area contributed by atoms with Crippen LogP contribution in [0.4, 0.5) is 11.5 Å². The zero-order valence-corrected chi connectivity index (χ0v) is 15.3. The second-order valence-corrected chi connectivity index (χ2v) is 7.81. The van der Waals surface area contributed by atoms with Crippen molar-refractivity contribution in [3.63, 3.8) is 0 Å². The first kappa shape index (κ1) is 16.7. The van der Waals surface area contributed by atoms with E-state index in [1.807, 2.05) is 34.9 Å².